The Morgan fingerprint density at radius 3 is 2.57 bits per heavy atom. The number of hydrogen-bond donors (Lipinski definition) is 1. The fourth-order valence-corrected chi connectivity index (χ4v) is 2.74. The molecule has 0 saturated carbocycles. The minimum atomic E-state index is -0.516. The average Bonchev–Trinajstić information content (AvgIpc) is 2.52. The monoisotopic (exact) mass is 310 g/mol. The maximum absolute atomic E-state index is 11.8. The van der Waals surface area contributed by atoms with Gasteiger partial charge in [0.15, 0.2) is 0 Å². The third kappa shape index (κ3) is 2.80. The van der Waals surface area contributed by atoms with Crippen molar-refractivity contribution in [3.05, 3.63) is 65.2 Å². The van der Waals surface area contributed by atoms with Crippen molar-refractivity contribution in [1.29, 1.82) is 0 Å². The van der Waals surface area contributed by atoms with E-state index in [9.17, 15) is 9.90 Å². The standard InChI is InChI=1S/C19H18O4/c1-19(2)11-15(13-6-4-5-7-16(13)20)14-10-12(18(21)22-3)8-9-17(14)23-19/h4-11,20H,1-3H3. The Kier molecular flexibility index (Phi) is 3.60. The number of benzene rings is 2. The number of aromatic hydroxyl groups is 1. The van der Waals surface area contributed by atoms with E-state index < -0.39 is 11.6 Å². The molecular formula is C19H18O4. The fourth-order valence-electron chi connectivity index (χ4n) is 2.74. The van der Waals surface area contributed by atoms with Crippen LogP contribution in [0.2, 0.25) is 0 Å². The van der Waals surface area contributed by atoms with E-state index in [4.69, 9.17) is 9.47 Å². The first-order chi connectivity index (χ1) is 10.9. The van der Waals surface area contributed by atoms with Gasteiger partial charge >= 0.3 is 5.97 Å². The van der Waals surface area contributed by atoms with Gasteiger partial charge in [-0.25, -0.2) is 4.79 Å². The molecule has 0 aromatic heterocycles. The van der Waals surface area contributed by atoms with Crippen LogP contribution < -0.4 is 4.74 Å². The van der Waals surface area contributed by atoms with Gasteiger partial charge in [0.25, 0.3) is 0 Å². The van der Waals surface area contributed by atoms with Gasteiger partial charge in [-0.2, -0.15) is 0 Å². The van der Waals surface area contributed by atoms with E-state index in [1.807, 2.05) is 32.1 Å². The van der Waals surface area contributed by atoms with Gasteiger partial charge in [-0.1, -0.05) is 18.2 Å². The zero-order valence-electron chi connectivity index (χ0n) is 13.3. The summed E-state index contributed by atoms with van der Waals surface area (Å²) in [5, 5.41) is 10.2. The largest absolute Gasteiger partial charge is 0.507 e. The Morgan fingerprint density at radius 1 is 1.13 bits per heavy atom. The number of phenolic OH excluding ortho intramolecular Hbond substituents is 1. The average molecular weight is 310 g/mol. The quantitative estimate of drug-likeness (QED) is 0.858. The van der Waals surface area contributed by atoms with Crippen LogP contribution in [0, 0.1) is 0 Å². The number of hydrogen-bond acceptors (Lipinski definition) is 4. The number of esters is 1. The minimum absolute atomic E-state index is 0.186. The molecule has 1 heterocycles. The molecule has 0 fully saturated rings. The van der Waals surface area contributed by atoms with Crippen molar-refractivity contribution >= 4 is 11.5 Å². The molecule has 0 amide bonds. The maximum atomic E-state index is 11.8. The van der Waals surface area contributed by atoms with Gasteiger partial charge in [-0.15, -0.1) is 0 Å². The van der Waals surface area contributed by atoms with Crippen LogP contribution >= 0.6 is 0 Å². The van der Waals surface area contributed by atoms with Gasteiger partial charge < -0.3 is 14.6 Å². The van der Waals surface area contributed by atoms with Crippen molar-refractivity contribution in [3.8, 4) is 11.5 Å². The second-order valence-electron chi connectivity index (χ2n) is 5.98. The molecule has 118 valence electrons. The summed E-state index contributed by atoms with van der Waals surface area (Å²) in [5.41, 5.74) is 2.22. The highest BCUT2D eigenvalue weighted by Crippen LogP contribution is 2.42. The number of ether oxygens (including phenoxy) is 2. The summed E-state index contributed by atoms with van der Waals surface area (Å²) < 4.78 is 10.8. The first-order valence-corrected chi connectivity index (χ1v) is 7.34. The SMILES string of the molecule is COC(=O)c1ccc2c(c1)C(c1ccccc1O)=CC(C)(C)O2. The molecule has 0 radical (unpaired) electrons. The summed E-state index contributed by atoms with van der Waals surface area (Å²) in [4.78, 5) is 11.8. The van der Waals surface area contributed by atoms with Gasteiger partial charge in [-0.05, 0) is 49.8 Å². The molecule has 0 atom stereocenters. The second kappa shape index (κ2) is 5.47. The first kappa shape index (κ1) is 15.2. The minimum Gasteiger partial charge on any atom is -0.507 e. The van der Waals surface area contributed by atoms with Crippen LogP contribution in [0.3, 0.4) is 0 Å². The zero-order chi connectivity index (χ0) is 16.6. The second-order valence-corrected chi connectivity index (χ2v) is 5.98. The van der Waals surface area contributed by atoms with Crippen LogP contribution in [0.1, 0.15) is 35.3 Å². The number of carbonyl (C=O) groups is 1. The lowest BCUT2D eigenvalue weighted by Gasteiger charge is -2.31. The van der Waals surface area contributed by atoms with Crippen molar-refractivity contribution in [2.75, 3.05) is 7.11 Å². The van der Waals surface area contributed by atoms with E-state index >= 15 is 0 Å². The lowest BCUT2D eigenvalue weighted by Crippen LogP contribution is -2.29. The normalized spacial score (nSPS) is 15.2. The summed E-state index contributed by atoms with van der Waals surface area (Å²) in [6.45, 7) is 3.90. The fraction of sp³-hybridized carbons (Fsp3) is 0.211. The summed E-state index contributed by atoms with van der Waals surface area (Å²) in [6, 6.07) is 12.3. The summed E-state index contributed by atoms with van der Waals surface area (Å²) in [7, 11) is 1.35. The predicted octanol–water partition coefficient (Wildman–Crippen LogP) is 3.78. The van der Waals surface area contributed by atoms with Gasteiger partial charge in [0.1, 0.15) is 17.1 Å². The van der Waals surface area contributed by atoms with E-state index in [2.05, 4.69) is 0 Å². The van der Waals surface area contributed by atoms with E-state index in [1.165, 1.54) is 7.11 Å². The summed E-state index contributed by atoms with van der Waals surface area (Å²) in [6.07, 6.45) is 1.95. The maximum Gasteiger partial charge on any atom is 0.337 e. The Bertz CT molecular complexity index is 803. The van der Waals surface area contributed by atoms with Gasteiger partial charge in [-0.3, -0.25) is 0 Å². The van der Waals surface area contributed by atoms with Crippen LogP contribution in [-0.4, -0.2) is 23.8 Å². The number of para-hydroxylation sites is 1. The summed E-state index contributed by atoms with van der Waals surface area (Å²) >= 11 is 0. The molecule has 3 rings (SSSR count). The van der Waals surface area contributed by atoms with Crippen LogP contribution in [0.4, 0.5) is 0 Å². The van der Waals surface area contributed by atoms with Crippen molar-refractivity contribution in [2.24, 2.45) is 0 Å². The molecule has 1 aliphatic rings. The first-order valence-electron chi connectivity index (χ1n) is 7.34. The smallest absolute Gasteiger partial charge is 0.337 e. The molecule has 0 unspecified atom stereocenters. The number of rotatable bonds is 2. The molecule has 2 aromatic carbocycles. The van der Waals surface area contributed by atoms with E-state index in [1.54, 1.807) is 30.3 Å². The molecule has 0 aliphatic carbocycles. The molecule has 0 saturated heterocycles. The van der Waals surface area contributed by atoms with Crippen LogP contribution in [0.5, 0.6) is 11.5 Å². The van der Waals surface area contributed by atoms with Crippen molar-refractivity contribution in [1.82, 2.24) is 0 Å². The van der Waals surface area contributed by atoms with Crippen molar-refractivity contribution in [2.45, 2.75) is 19.4 Å². The molecule has 23 heavy (non-hydrogen) atoms. The zero-order valence-corrected chi connectivity index (χ0v) is 13.3. The van der Waals surface area contributed by atoms with Crippen LogP contribution in [0.15, 0.2) is 48.5 Å². The molecule has 4 heteroatoms. The van der Waals surface area contributed by atoms with E-state index in [0.717, 1.165) is 11.1 Å². The highest BCUT2D eigenvalue weighted by Gasteiger charge is 2.29. The Morgan fingerprint density at radius 2 is 1.87 bits per heavy atom. The van der Waals surface area contributed by atoms with Crippen LogP contribution in [-0.2, 0) is 4.74 Å². The van der Waals surface area contributed by atoms with Gasteiger partial charge in [0.2, 0.25) is 0 Å². The molecule has 1 N–H and O–H groups in total. The van der Waals surface area contributed by atoms with Crippen molar-refractivity contribution < 1.29 is 19.4 Å². The highest BCUT2D eigenvalue weighted by atomic mass is 16.5. The molecule has 2 aromatic rings. The third-order valence-electron chi connectivity index (χ3n) is 3.75. The number of fused-ring (bicyclic) bond motifs is 1. The van der Waals surface area contributed by atoms with Crippen LogP contribution in [0.25, 0.3) is 5.57 Å². The number of carbonyl (C=O) groups excluding carboxylic acids is 1. The lowest BCUT2D eigenvalue weighted by atomic mass is 9.88. The molecular weight excluding hydrogens is 292 g/mol. The summed E-state index contributed by atoms with van der Waals surface area (Å²) in [5.74, 6) is 0.448. The topological polar surface area (TPSA) is 55.8 Å². The molecule has 1 aliphatic heterocycles. The highest BCUT2D eigenvalue weighted by molar-refractivity contribution is 5.94. The van der Waals surface area contributed by atoms with E-state index in [0.29, 0.717) is 16.9 Å². The lowest BCUT2D eigenvalue weighted by molar-refractivity contribution is 0.0600. The predicted molar refractivity (Wildman–Crippen MR) is 87.7 cm³/mol. The Balaban J connectivity index is 2.21. The van der Waals surface area contributed by atoms with Gasteiger partial charge in [0.05, 0.1) is 12.7 Å². The Hall–Kier alpha value is -2.75. The van der Waals surface area contributed by atoms with Crippen molar-refractivity contribution in [3.63, 3.8) is 0 Å². The molecule has 0 spiro atoms. The third-order valence-corrected chi connectivity index (χ3v) is 3.75. The van der Waals surface area contributed by atoms with E-state index in [-0.39, 0.29) is 5.75 Å². The Labute approximate surface area is 135 Å². The van der Waals surface area contributed by atoms with Gasteiger partial charge in [0, 0.05) is 11.1 Å². The number of phenols is 1. The molecule has 0 bridgehead atoms. The number of methoxy groups -OCH3 is 1. The molecule has 4 nitrogen and oxygen atoms in total.